The minimum atomic E-state index is 0.0226. The van der Waals surface area contributed by atoms with Gasteiger partial charge in [-0.15, -0.1) is 11.3 Å². The normalized spacial score (nSPS) is 16.8. The lowest BCUT2D eigenvalue weighted by molar-refractivity contribution is 0.00673. The summed E-state index contributed by atoms with van der Waals surface area (Å²) in [6.45, 7) is 12.6. The molecule has 1 N–H and O–H groups in total. The number of carbonyl (C=O) groups is 1. The molecule has 1 saturated heterocycles. The molecule has 0 bridgehead atoms. The number of morpholine rings is 1. The van der Waals surface area contributed by atoms with Crippen molar-refractivity contribution in [2.24, 2.45) is 5.92 Å². The molecule has 5 nitrogen and oxygen atoms in total. The molecule has 3 heterocycles. The van der Waals surface area contributed by atoms with Gasteiger partial charge in [-0.2, -0.15) is 0 Å². The van der Waals surface area contributed by atoms with E-state index in [0.717, 1.165) is 42.4 Å². The van der Waals surface area contributed by atoms with Crippen molar-refractivity contribution in [3.63, 3.8) is 0 Å². The first-order valence-corrected chi connectivity index (χ1v) is 10.1. The maximum Gasteiger partial charge on any atom is 0.254 e. The van der Waals surface area contributed by atoms with Crippen molar-refractivity contribution in [2.75, 3.05) is 32.8 Å². The van der Waals surface area contributed by atoms with E-state index in [4.69, 9.17) is 4.74 Å². The number of rotatable bonds is 6. The average Bonchev–Trinajstić information content (AvgIpc) is 3.24. The number of thiophene rings is 1. The van der Waals surface area contributed by atoms with E-state index in [-0.39, 0.29) is 5.91 Å². The molecule has 1 unspecified atom stereocenters. The maximum absolute atomic E-state index is 13.0. The van der Waals surface area contributed by atoms with Crippen LogP contribution in [0.15, 0.2) is 24.5 Å². The van der Waals surface area contributed by atoms with Gasteiger partial charge in [-0.25, -0.2) is 0 Å². The molecule has 142 valence electrons. The van der Waals surface area contributed by atoms with Gasteiger partial charge in [-0.1, -0.05) is 13.8 Å². The molecular formula is C20H29N3O2S. The van der Waals surface area contributed by atoms with Gasteiger partial charge < -0.3 is 14.6 Å². The lowest BCUT2D eigenvalue weighted by atomic mass is 10.0. The van der Waals surface area contributed by atoms with Gasteiger partial charge in [0, 0.05) is 42.9 Å². The Hall–Kier alpha value is -1.63. The van der Waals surface area contributed by atoms with Gasteiger partial charge in [0.15, 0.2) is 0 Å². The minimum Gasteiger partial charge on any atom is -0.379 e. The molecule has 0 aromatic carbocycles. The third kappa shape index (κ3) is 4.03. The van der Waals surface area contributed by atoms with E-state index in [0.29, 0.717) is 18.5 Å². The summed E-state index contributed by atoms with van der Waals surface area (Å²) in [7, 11) is 0. The number of nitrogens with zero attached hydrogens (tertiary/aromatic N) is 2. The first kappa shape index (κ1) is 19.1. The van der Waals surface area contributed by atoms with Crippen LogP contribution in [0, 0.1) is 19.8 Å². The lowest BCUT2D eigenvalue weighted by Gasteiger charge is -2.37. The molecule has 3 rings (SSSR count). The Morgan fingerprint density at radius 2 is 1.88 bits per heavy atom. The maximum atomic E-state index is 13.0. The second kappa shape index (κ2) is 8.37. The molecule has 26 heavy (non-hydrogen) atoms. The highest BCUT2D eigenvalue weighted by molar-refractivity contribution is 7.15. The van der Waals surface area contributed by atoms with Crippen molar-refractivity contribution in [2.45, 2.75) is 33.7 Å². The number of hydrogen-bond acceptors (Lipinski definition) is 4. The summed E-state index contributed by atoms with van der Waals surface area (Å²) in [6, 6.07) is 4.30. The highest BCUT2D eigenvalue weighted by Crippen LogP contribution is 2.31. The van der Waals surface area contributed by atoms with Crippen LogP contribution in [-0.2, 0) is 4.74 Å². The fraction of sp³-hybridized carbons (Fsp3) is 0.550. The van der Waals surface area contributed by atoms with Crippen LogP contribution in [0.4, 0.5) is 0 Å². The quantitative estimate of drug-likeness (QED) is 0.843. The smallest absolute Gasteiger partial charge is 0.254 e. The molecule has 1 atom stereocenters. The van der Waals surface area contributed by atoms with Crippen molar-refractivity contribution >= 4 is 17.2 Å². The molecule has 1 amide bonds. The average molecular weight is 376 g/mol. The molecule has 0 spiro atoms. The Kier molecular flexibility index (Phi) is 6.16. The number of hydrogen-bond donors (Lipinski definition) is 1. The Bertz CT molecular complexity index is 731. The topological polar surface area (TPSA) is 46.5 Å². The number of amides is 1. The first-order chi connectivity index (χ1) is 12.5. The fourth-order valence-electron chi connectivity index (χ4n) is 3.51. The number of carbonyl (C=O) groups excluding carboxylic acids is 1. The molecule has 1 aliphatic rings. The van der Waals surface area contributed by atoms with Crippen LogP contribution in [-0.4, -0.2) is 54.3 Å². The van der Waals surface area contributed by atoms with Crippen molar-refractivity contribution in [1.29, 1.82) is 0 Å². The van der Waals surface area contributed by atoms with Crippen LogP contribution in [0.3, 0.4) is 0 Å². The predicted molar refractivity (Wildman–Crippen MR) is 106 cm³/mol. The van der Waals surface area contributed by atoms with Crippen molar-refractivity contribution in [1.82, 2.24) is 14.8 Å². The van der Waals surface area contributed by atoms with Crippen LogP contribution in [0.1, 0.15) is 34.6 Å². The lowest BCUT2D eigenvalue weighted by Crippen LogP contribution is -2.51. The van der Waals surface area contributed by atoms with E-state index in [1.165, 1.54) is 4.88 Å². The zero-order valence-corrected chi connectivity index (χ0v) is 16.9. The van der Waals surface area contributed by atoms with Crippen LogP contribution in [0.5, 0.6) is 0 Å². The van der Waals surface area contributed by atoms with E-state index < -0.39 is 0 Å². The summed E-state index contributed by atoms with van der Waals surface area (Å²) in [5, 5.41) is 4.20. The SMILES string of the molecule is Cc1sc(-n2cccc2)c(C(=O)NCC(C(C)C)N2CCOCC2)c1C. The van der Waals surface area contributed by atoms with Gasteiger partial charge in [-0.3, -0.25) is 9.69 Å². The van der Waals surface area contributed by atoms with Crippen LogP contribution < -0.4 is 5.32 Å². The van der Waals surface area contributed by atoms with Crippen molar-refractivity contribution < 1.29 is 9.53 Å². The van der Waals surface area contributed by atoms with Gasteiger partial charge in [0.25, 0.3) is 5.91 Å². The third-order valence-electron chi connectivity index (χ3n) is 5.19. The van der Waals surface area contributed by atoms with E-state index in [9.17, 15) is 4.79 Å². The van der Waals surface area contributed by atoms with E-state index in [1.54, 1.807) is 11.3 Å². The summed E-state index contributed by atoms with van der Waals surface area (Å²) in [6.07, 6.45) is 3.98. The Labute approximate surface area is 160 Å². The Balaban J connectivity index is 1.75. The Morgan fingerprint density at radius 1 is 1.23 bits per heavy atom. The van der Waals surface area contributed by atoms with Crippen LogP contribution >= 0.6 is 11.3 Å². The van der Waals surface area contributed by atoms with Gasteiger partial charge in [0.05, 0.1) is 18.8 Å². The van der Waals surface area contributed by atoms with E-state index in [1.807, 2.05) is 36.0 Å². The highest BCUT2D eigenvalue weighted by atomic mass is 32.1. The molecule has 0 radical (unpaired) electrons. The fourth-order valence-corrected chi connectivity index (χ4v) is 4.63. The van der Waals surface area contributed by atoms with E-state index in [2.05, 4.69) is 31.0 Å². The van der Waals surface area contributed by atoms with Crippen molar-refractivity contribution in [3.8, 4) is 5.00 Å². The van der Waals surface area contributed by atoms with E-state index >= 15 is 0 Å². The molecule has 2 aromatic rings. The summed E-state index contributed by atoms with van der Waals surface area (Å²) in [5.41, 5.74) is 1.87. The van der Waals surface area contributed by atoms with Crippen molar-refractivity contribution in [3.05, 3.63) is 40.5 Å². The Morgan fingerprint density at radius 3 is 2.50 bits per heavy atom. The molecule has 1 fully saturated rings. The van der Waals surface area contributed by atoms with Crippen LogP contribution in [0.25, 0.3) is 5.00 Å². The monoisotopic (exact) mass is 375 g/mol. The summed E-state index contributed by atoms with van der Waals surface area (Å²) >= 11 is 1.67. The first-order valence-electron chi connectivity index (χ1n) is 9.32. The number of aryl methyl sites for hydroxylation is 1. The summed E-state index contributed by atoms with van der Waals surface area (Å²) in [4.78, 5) is 16.7. The van der Waals surface area contributed by atoms with Gasteiger partial charge in [0.1, 0.15) is 5.00 Å². The molecule has 6 heteroatoms. The number of aromatic nitrogens is 1. The largest absolute Gasteiger partial charge is 0.379 e. The second-order valence-electron chi connectivity index (χ2n) is 7.22. The van der Waals surface area contributed by atoms with Gasteiger partial charge in [0.2, 0.25) is 0 Å². The minimum absolute atomic E-state index is 0.0226. The van der Waals surface area contributed by atoms with Crippen LogP contribution in [0.2, 0.25) is 0 Å². The summed E-state index contributed by atoms with van der Waals surface area (Å²) < 4.78 is 7.50. The summed E-state index contributed by atoms with van der Waals surface area (Å²) in [5.74, 6) is 0.497. The molecule has 0 aliphatic carbocycles. The second-order valence-corrected chi connectivity index (χ2v) is 8.43. The standard InChI is InChI=1S/C20H29N3O2S/c1-14(2)17(22-9-11-25-12-10-22)13-21-19(24)18-15(3)16(4)26-20(18)23-7-5-6-8-23/h5-8,14,17H,9-13H2,1-4H3,(H,21,24). The predicted octanol–water partition coefficient (Wildman–Crippen LogP) is 3.24. The van der Waals surface area contributed by atoms with Gasteiger partial charge in [-0.05, 0) is 37.5 Å². The zero-order chi connectivity index (χ0) is 18.7. The molecule has 1 aliphatic heterocycles. The highest BCUT2D eigenvalue weighted by Gasteiger charge is 2.26. The third-order valence-corrected chi connectivity index (χ3v) is 6.41. The van der Waals surface area contributed by atoms with Gasteiger partial charge >= 0.3 is 0 Å². The number of ether oxygens (including phenoxy) is 1. The zero-order valence-electron chi connectivity index (χ0n) is 16.1. The molecular weight excluding hydrogens is 346 g/mol. The molecule has 0 saturated carbocycles. The number of nitrogens with one attached hydrogen (secondary N) is 1. The molecule has 2 aromatic heterocycles.